The van der Waals surface area contributed by atoms with E-state index in [1.807, 2.05) is 24.3 Å². The molecule has 0 saturated carbocycles. The van der Waals surface area contributed by atoms with Crippen LogP contribution in [-0.2, 0) is 11.3 Å². The van der Waals surface area contributed by atoms with Gasteiger partial charge in [0.1, 0.15) is 5.58 Å². The van der Waals surface area contributed by atoms with Crippen LogP contribution in [0, 0.1) is 5.92 Å². The fourth-order valence-corrected chi connectivity index (χ4v) is 3.09. The number of aliphatic carboxylic acids is 1. The number of nitrogens with zero attached hydrogens (tertiary/aromatic N) is 1. The topological polar surface area (TPSA) is 53.7 Å². The normalized spacial score (nSPS) is 20.4. The molecular weight excluding hydrogens is 278 g/mol. The van der Waals surface area contributed by atoms with Crippen LogP contribution in [0.3, 0.4) is 0 Å². The maximum Gasteiger partial charge on any atom is 0.307 e. The molecule has 1 aromatic carbocycles. The number of piperidine rings is 1. The molecule has 0 bridgehead atoms. The van der Waals surface area contributed by atoms with Gasteiger partial charge >= 0.3 is 5.97 Å². The molecule has 1 aliphatic rings. The maximum absolute atomic E-state index is 11.1. The summed E-state index contributed by atoms with van der Waals surface area (Å²) in [4.78, 5) is 13.3. The average Bonchev–Trinajstić information content (AvgIpc) is 2.76. The number of fused-ring (bicyclic) bond motifs is 1. The monoisotopic (exact) mass is 293 g/mol. The van der Waals surface area contributed by atoms with Crippen LogP contribution in [0.2, 0.25) is 5.22 Å². The fourth-order valence-electron chi connectivity index (χ4n) is 2.84. The predicted molar refractivity (Wildman–Crippen MR) is 76.9 cm³/mol. The SMILES string of the molecule is O=C(O)C1CCCN(Cc2c(Cl)oc3ccccc23)C1. The molecule has 5 heteroatoms. The zero-order valence-electron chi connectivity index (χ0n) is 11.0. The minimum atomic E-state index is -0.710. The summed E-state index contributed by atoms with van der Waals surface area (Å²) in [6.07, 6.45) is 1.66. The first-order chi connectivity index (χ1) is 9.65. The Kier molecular flexibility index (Phi) is 3.68. The molecular formula is C15H16ClNO3. The highest BCUT2D eigenvalue weighted by Gasteiger charge is 2.26. The van der Waals surface area contributed by atoms with Crippen molar-refractivity contribution in [3.05, 3.63) is 35.0 Å². The van der Waals surface area contributed by atoms with Gasteiger partial charge in [-0.1, -0.05) is 18.2 Å². The third-order valence-electron chi connectivity index (χ3n) is 3.89. The number of benzene rings is 1. The lowest BCUT2D eigenvalue weighted by Crippen LogP contribution is -2.38. The second-order valence-electron chi connectivity index (χ2n) is 5.26. The summed E-state index contributed by atoms with van der Waals surface area (Å²) in [5, 5.41) is 10.6. The van der Waals surface area contributed by atoms with Crippen LogP contribution in [0.15, 0.2) is 28.7 Å². The predicted octanol–water partition coefficient (Wildman–Crippen LogP) is 3.38. The summed E-state index contributed by atoms with van der Waals surface area (Å²) in [6, 6.07) is 7.74. The van der Waals surface area contributed by atoms with Crippen molar-refractivity contribution in [3.63, 3.8) is 0 Å². The molecule has 20 heavy (non-hydrogen) atoms. The molecule has 1 fully saturated rings. The standard InChI is InChI=1S/C15H16ClNO3/c16-14-12(11-5-1-2-6-13(11)20-14)9-17-7-3-4-10(8-17)15(18)19/h1-2,5-6,10H,3-4,7-9H2,(H,18,19). The summed E-state index contributed by atoms with van der Waals surface area (Å²) in [5.41, 5.74) is 1.73. The first kappa shape index (κ1) is 13.5. The molecule has 0 amide bonds. The molecule has 1 unspecified atom stereocenters. The van der Waals surface area contributed by atoms with Crippen molar-refractivity contribution in [2.24, 2.45) is 5.92 Å². The van der Waals surface area contributed by atoms with Crippen molar-refractivity contribution in [1.82, 2.24) is 4.90 Å². The van der Waals surface area contributed by atoms with E-state index < -0.39 is 5.97 Å². The lowest BCUT2D eigenvalue weighted by Gasteiger charge is -2.30. The van der Waals surface area contributed by atoms with Gasteiger partial charge in [-0.05, 0) is 37.1 Å². The Bertz CT molecular complexity index is 637. The molecule has 0 aliphatic carbocycles. The maximum atomic E-state index is 11.1. The zero-order valence-corrected chi connectivity index (χ0v) is 11.8. The van der Waals surface area contributed by atoms with Crippen molar-refractivity contribution in [2.75, 3.05) is 13.1 Å². The number of halogens is 1. The van der Waals surface area contributed by atoms with E-state index in [-0.39, 0.29) is 5.92 Å². The Morgan fingerprint density at radius 2 is 2.25 bits per heavy atom. The molecule has 2 heterocycles. The van der Waals surface area contributed by atoms with Crippen molar-refractivity contribution >= 4 is 28.5 Å². The van der Waals surface area contributed by atoms with Gasteiger partial charge in [0.25, 0.3) is 0 Å². The van der Waals surface area contributed by atoms with Crippen LogP contribution in [0.4, 0.5) is 0 Å². The van der Waals surface area contributed by atoms with Crippen molar-refractivity contribution in [3.8, 4) is 0 Å². The smallest absolute Gasteiger partial charge is 0.307 e. The van der Waals surface area contributed by atoms with Crippen LogP contribution >= 0.6 is 11.6 Å². The number of rotatable bonds is 3. The summed E-state index contributed by atoms with van der Waals surface area (Å²) in [6.45, 7) is 2.12. The lowest BCUT2D eigenvalue weighted by atomic mass is 9.98. The third kappa shape index (κ3) is 2.53. The van der Waals surface area contributed by atoms with E-state index in [1.54, 1.807) is 0 Å². The molecule has 106 valence electrons. The van der Waals surface area contributed by atoms with Crippen LogP contribution in [0.5, 0.6) is 0 Å². The van der Waals surface area contributed by atoms with E-state index in [0.29, 0.717) is 18.3 Å². The number of carboxylic acid groups (broad SMARTS) is 1. The summed E-state index contributed by atoms with van der Waals surface area (Å²) in [7, 11) is 0. The van der Waals surface area contributed by atoms with Crippen LogP contribution in [-0.4, -0.2) is 29.1 Å². The van der Waals surface area contributed by atoms with Gasteiger partial charge in [-0.2, -0.15) is 0 Å². The Labute approximate surface area is 121 Å². The number of carboxylic acids is 1. The number of furan rings is 1. The van der Waals surface area contributed by atoms with Crippen molar-refractivity contribution < 1.29 is 14.3 Å². The Morgan fingerprint density at radius 1 is 1.45 bits per heavy atom. The fraction of sp³-hybridized carbons (Fsp3) is 0.400. The molecule has 1 aromatic heterocycles. The minimum absolute atomic E-state index is 0.277. The van der Waals surface area contributed by atoms with Crippen LogP contribution in [0.1, 0.15) is 18.4 Å². The van der Waals surface area contributed by atoms with Gasteiger partial charge in [-0.25, -0.2) is 0 Å². The second kappa shape index (κ2) is 5.46. The largest absolute Gasteiger partial charge is 0.481 e. The highest BCUT2D eigenvalue weighted by atomic mass is 35.5. The van der Waals surface area contributed by atoms with E-state index in [1.165, 1.54) is 0 Å². The Balaban J connectivity index is 1.82. The van der Waals surface area contributed by atoms with Gasteiger partial charge in [0, 0.05) is 24.0 Å². The van der Waals surface area contributed by atoms with E-state index >= 15 is 0 Å². The minimum Gasteiger partial charge on any atom is -0.481 e. The van der Waals surface area contributed by atoms with Crippen LogP contribution < -0.4 is 0 Å². The molecule has 1 aliphatic heterocycles. The quantitative estimate of drug-likeness (QED) is 0.942. The zero-order chi connectivity index (χ0) is 14.1. The highest BCUT2D eigenvalue weighted by molar-refractivity contribution is 6.30. The Morgan fingerprint density at radius 3 is 3.05 bits per heavy atom. The van der Waals surface area contributed by atoms with Gasteiger partial charge in [0.15, 0.2) is 5.22 Å². The first-order valence-electron chi connectivity index (χ1n) is 6.76. The average molecular weight is 294 g/mol. The molecule has 1 N–H and O–H groups in total. The number of hydrogen-bond donors (Lipinski definition) is 1. The van der Waals surface area contributed by atoms with Crippen molar-refractivity contribution in [2.45, 2.75) is 19.4 Å². The van der Waals surface area contributed by atoms with E-state index in [9.17, 15) is 4.79 Å². The van der Waals surface area contributed by atoms with E-state index in [0.717, 1.165) is 35.9 Å². The van der Waals surface area contributed by atoms with Gasteiger partial charge in [0.05, 0.1) is 5.92 Å². The number of carbonyl (C=O) groups is 1. The molecule has 4 nitrogen and oxygen atoms in total. The summed E-state index contributed by atoms with van der Waals surface area (Å²) >= 11 is 6.18. The van der Waals surface area contributed by atoms with Gasteiger partial charge < -0.3 is 9.52 Å². The highest BCUT2D eigenvalue weighted by Crippen LogP contribution is 2.31. The van der Waals surface area contributed by atoms with E-state index in [2.05, 4.69) is 4.90 Å². The molecule has 3 rings (SSSR count). The van der Waals surface area contributed by atoms with Crippen LogP contribution in [0.25, 0.3) is 11.0 Å². The van der Waals surface area contributed by atoms with Gasteiger partial charge in [-0.15, -0.1) is 0 Å². The number of para-hydroxylation sites is 1. The molecule has 1 saturated heterocycles. The second-order valence-corrected chi connectivity index (χ2v) is 5.61. The summed E-state index contributed by atoms with van der Waals surface area (Å²) < 4.78 is 5.54. The number of hydrogen-bond acceptors (Lipinski definition) is 3. The first-order valence-corrected chi connectivity index (χ1v) is 7.14. The van der Waals surface area contributed by atoms with Gasteiger partial charge in [-0.3, -0.25) is 9.69 Å². The molecule has 1 atom stereocenters. The van der Waals surface area contributed by atoms with Crippen molar-refractivity contribution in [1.29, 1.82) is 0 Å². The molecule has 2 aromatic rings. The Hall–Kier alpha value is -1.52. The lowest BCUT2D eigenvalue weighted by molar-refractivity contribution is -0.143. The number of likely N-dealkylation sites (tertiary alicyclic amines) is 1. The van der Waals surface area contributed by atoms with E-state index in [4.69, 9.17) is 21.1 Å². The molecule has 0 spiro atoms. The summed E-state index contributed by atoms with van der Waals surface area (Å²) in [5.74, 6) is -0.987. The third-order valence-corrected chi connectivity index (χ3v) is 4.19. The van der Waals surface area contributed by atoms with Gasteiger partial charge in [0.2, 0.25) is 0 Å². The molecule has 0 radical (unpaired) electrons.